The molecule has 2 nitrogen and oxygen atoms in total. The molecule has 0 radical (unpaired) electrons. The molecule has 0 N–H and O–H groups in total. The molecular formula is C55H56NOPSi. The van der Waals surface area contributed by atoms with Crippen LogP contribution >= 0.6 is 7.14 Å². The molecule has 9 rings (SSSR count). The Kier molecular flexibility index (Phi) is 10.3. The van der Waals surface area contributed by atoms with Crippen LogP contribution in [0.15, 0.2) is 176 Å². The van der Waals surface area contributed by atoms with Gasteiger partial charge in [0.15, 0.2) is 7.14 Å². The van der Waals surface area contributed by atoms with Crippen molar-refractivity contribution >= 4 is 58.1 Å². The van der Waals surface area contributed by atoms with Crippen LogP contribution in [0.25, 0.3) is 27.5 Å². The van der Waals surface area contributed by atoms with E-state index in [1.54, 1.807) is 5.19 Å². The lowest BCUT2D eigenvalue weighted by Crippen LogP contribution is -2.57. The summed E-state index contributed by atoms with van der Waals surface area (Å²) in [6, 6.07) is 63.8. The number of fused-ring (bicyclic) bond motifs is 5. The maximum Gasteiger partial charge on any atom is 0.171 e. The van der Waals surface area contributed by atoms with E-state index in [-0.39, 0.29) is 0 Å². The Morgan fingerprint density at radius 1 is 0.492 bits per heavy atom. The average Bonchev–Trinajstić information content (AvgIpc) is 3.65. The molecule has 4 unspecified atom stereocenters. The van der Waals surface area contributed by atoms with E-state index in [0.29, 0.717) is 16.6 Å². The first-order valence-electron chi connectivity index (χ1n) is 21.8. The lowest BCUT2D eigenvalue weighted by Gasteiger charge is -2.47. The predicted octanol–water partition coefficient (Wildman–Crippen LogP) is 13.2. The van der Waals surface area contributed by atoms with Gasteiger partial charge in [0, 0.05) is 26.7 Å². The number of rotatable bonds is 12. The Balaban J connectivity index is 1.35. The second kappa shape index (κ2) is 15.4. The predicted molar refractivity (Wildman–Crippen MR) is 257 cm³/mol. The topological polar surface area (TPSA) is 22.0 Å². The summed E-state index contributed by atoms with van der Waals surface area (Å²) >= 11 is 0. The van der Waals surface area contributed by atoms with Crippen molar-refractivity contribution in [3.05, 3.63) is 198 Å². The summed E-state index contributed by atoms with van der Waals surface area (Å²) in [6.07, 6.45) is 3.61. The van der Waals surface area contributed by atoms with Gasteiger partial charge in [0.1, 0.15) is 0 Å². The molecule has 7 aromatic carbocycles. The standard InChI is InChI=1S/C55H56NOPSi/c1-7-39(4)59(40(5)8-2,41(6)9-3)47-37-33-43(34-38-47)55(42-31-35-46(36-32-42)58(57,44-21-12-10-13-22-44)45-23-14-11-15-24-45)50-27-17-19-30-53(50)56-52-29-18-16-25-48(52)49-26-20-28-51(55)54(49)56/h10-41H,7-9H2,1-6H3. The van der Waals surface area contributed by atoms with E-state index in [4.69, 9.17) is 0 Å². The van der Waals surface area contributed by atoms with Crippen molar-refractivity contribution in [3.8, 4) is 5.69 Å². The normalized spacial score (nSPS) is 17.6. The zero-order valence-corrected chi connectivity index (χ0v) is 37.3. The quantitative estimate of drug-likeness (QED) is 0.0890. The van der Waals surface area contributed by atoms with Gasteiger partial charge in [0.05, 0.1) is 30.2 Å². The van der Waals surface area contributed by atoms with Crippen molar-refractivity contribution < 1.29 is 4.57 Å². The van der Waals surface area contributed by atoms with Crippen molar-refractivity contribution in [1.82, 2.24) is 4.57 Å². The summed E-state index contributed by atoms with van der Waals surface area (Å²) in [6.45, 7) is 14.8. The van der Waals surface area contributed by atoms with Gasteiger partial charge in [-0.3, -0.25) is 0 Å². The van der Waals surface area contributed by atoms with E-state index < -0.39 is 20.6 Å². The van der Waals surface area contributed by atoms with E-state index in [1.165, 1.54) is 69.0 Å². The van der Waals surface area contributed by atoms with Gasteiger partial charge in [-0.25, -0.2) is 0 Å². The largest absolute Gasteiger partial charge is 0.309 e. The van der Waals surface area contributed by atoms with Crippen LogP contribution in [-0.2, 0) is 9.98 Å². The molecular weight excluding hydrogens is 750 g/mol. The molecule has 0 fully saturated rings. The molecule has 0 amide bonds. The highest BCUT2D eigenvalue weighted by Gasteiger charge is 2.49. The molecule has 2 heterocycles. The maximum absolute atomic E-state index is 15.6. The van der Waals surface area contributed by atoms with Gasteiger partial charge < -0.3 is 9.13 Å². The fraction of sp³-hybridized carbons (Fsp3) is 0.236. The summed E-state index contributed by atoms with van der Waals surface area (Å²) < 4.78 is 18.1. The number of hydrogen-bond acceptors (Lipinski definition) is 1. The van der Waals surface area contributed by atoms with Crippen LogP contribution in [0.4, 0.5) is 0 Å². The third kappa shape index (κ3) is 5.68. The SMILES string of the molecule is CCC(C)[Si](c1ccc(C2(c3ccc(P(=O)(c4ccccc4)c4ccccc4)cc3)c3ccccc3-n3c4ccccc4c4cccc2c43)cc1)(C(C)CC)C(C)CC. The molecule has 4 heteroatoms. The Hall–Kier alpha value is -5.21. The van der Waals surface area contributed by atoms with Crippen molar-refractivity contribution in [3.63, 3.8) is 0 Å². The first kappa shape index (κ1) is 39.3. The minimum Gasteiger partial charge on any atom is -0.309 e. The number of nitrogens with zero attached hydrogens (tertiary/aromatic N) is 1. The van der Waals surface area contributed by atoms with Gasteiger partial charge in [-0.1, -0.05) is 230 Å². The van der Waals surface area contributed by atoms with Crippen LogP contribution in [0.1, 0.15) is 83.1 Å². The second-order valence-corrected chi connectivity index (χ2v) is 25.3. The first-order chi connectivity index (χ1) is 28.8. The fourth-order valence-electron chi connectivity index (χ4n) is 11.5. The van der Waals surface area contributed by atoms with Gasteiger partial charge in [-0.15, -0.1) is 0 Å². The van der Waals surface area contributed by atoms with Crippen molar-refractivity contribution in [2.24, 2.45) is 0 Å². The Bertz CT molecular complexity index is 2740. The van der Waals surface area contributed by atoms with Crippen LogP contribution < -0.4 is 21.1 Å². The molecule has 1 aromatic heterocycles. The Morgan fingerprint density at radius 3 is 1.53 bits per heavy atom. The van der Waals surface area contributed by atoms with Crippen molar-refractivity contribution in [1.29, 1.82) is 0 Å². The molecule has 1 aliphatic heterocycles. The van der Waals surface area contributed by atoms with Gasteiger partial charge in [0.25, 0.3) is 0 Å². The summed E-state index contributed by atoms with van der Waals surface area (Å²) in [5, 5.41) is 6.65. The molecule has 0 bridgehead atoms. The van der Waals surface area contributed by atoms with E-state index in [9.17, 15) is 0 Å². The van der Waals surface area contributed by atoms with Crippen LogP contribution in [0.2, 0.25) is 16.6 Å². The molecule has 296 valence electrons. The van der Waals surface area contributed by atoms with Gasteiger partial charge >= 0.3 is 0 Å². The first-order valence-corrected chi connectivity index (χ1v) is 25.8. The Morgan fingerprint density at radius 2 is 0.949 bits per heavy atom. The molecule has 4 atom stereocenters. The third-order valence-electron chi connectivity index (χ3n) is 14.7. The molecule has 0 aliphatic carbocycles. The average molecular weight is 806 g/mol. The van der Waals surface area contributed by atoms with Gasteiger partial charge in [-0.05, 0) is 51.0 Å². The number of aromatic nitrogens is 1. The summed E-state index contributed by atoms with van der Waals surface area (Å²) in [5.74, 6) is 0. The van der Waals surface area contributed by atoms with E-state index in [1.807, 2.05) is 60.7 Å². The maximum atomic E-state index is 15.6. The molecule has 8 aromatic rings. The van der Waals surface area contributed by atoms with Gasteiger partial charge in [0.2, 0.25) is 0 Å². The minimum atomic E-state index is -3.18. The summed E-state index contributed by atoms with van der Waals surface area (Å²) in [7, 11) is -5.16. The highest BCUT2D eigenvalue weighted by molar-refractivity contribution is 7.85. The number of para-hydroxylation sites is 3. The monoisotopic (exact) mass is 805 g/mol. The van der Waals surface area contributed by atoms with Crippen LogP contribution in [0.3, 0.4) is 0 Å². The van der Waals surface area contributed by atoms with Crippen LogP contribution in [0, 0.1) is 0 Å². The molecule has 0 saturated carbocycles. The smallest absolute Gasteiger partial charge is 0.171 e. The Labute approximate surface area is 352 Å². The van der Waals surface area contributed by atoms with Crippen LogP contribution in [-0.4, -0.2) is 12.6 Å². The lowest BCUT2D eigenvalue weighted by atomic mass is 9.63. The summed E-state index contributed by atoms with van der Waals surface area (Å²) in [5.41, 5.74) is 10.0. The van der Waals surface area contributed by atoms with E-state index in [2.05, 4.69) is 161 Å². The van der Waals surface area contributed by atoms with E-state index >= 15 is 4.57 Å². The number of benzene rings is 7. The van der Waals surface area contributed by atoms with Crippen molar-refractivity contribution in [2.45, 2.75) is 82.8 Å². The zero-order chi connectivity index (χ0) is 40.9. The molecule has 59 heavy (non-hydrogen) atoms. The fourth-order valence-corrected chi connectivity index (χ4v) is 21.5. The number of hydrogen-bond donors (Lipinski definition) is 0. The van der Waals surface area contributed by atoms with Gasteiger partial charge in [-0.2, -0.15) is 0 Å². The molecule has 1 aliphatic rings. The minimum absolute atomic E-state index is 0.644. The highest BCUT2D eigenvalue weighted by atomic mass is 31.2. The molecule has 0 spiro atoms. The second-order valence-electron chi connectivity index (χ2n) is 17.1. The highest BCUT2D eigenvalue weighted by Crippen LogP contribution is 2.55. The third-order valence-corrected chi connectivity index (χ3v) is 25.2. The van der Waals surface area contributed by atoms with E-state index in [0.717, 1.165) is 15.9 Å². The molecule has 0 saturated heterocycles. The van der Waals surface area contributed by atoms with Crippen LogP contribution in [0.5, 0.6) is 0 Å². The van der Waals surface area contributed by atoms with Crippen molar-refractivity contribution in [2.75, 3.05) is 0 Å². The summed E-state index contributed by atoms with van der Waals surface area (Å²) in [4.78, 5) is 0. The zero-order valence-electron chi connectivity index (χ0n) is 35.4. The lowest BCUT2D eigenvalue weighted by molar-refractivity contribution is 0.592.